The van der Waals surface area contributed by atoms with Crippen LogP contribution in [0.4, 0.5) is 0 Å². The molecule has 0 saturated carbocycles. The Morgan fingerprint density at radius 2 is 1.36 bits per heavy atom. The SMILES string of the molecule is CC(C)c1ccc(-c2cccc3c2Cc2ccccc2-3)cc1. The maximum absolute atomic E-state index is 2.27. The zero-order chi connectivity index (χ0) is 15.1. The average molecular weight is 284 g/mol. The van der Waals surface area contributed by atoms with Crippen molar-refractivity contribution >= 4 is 0 Å². The Balaban J connectivity index is 1.82. The van der Waals surface area contributed by atoms with Crippen LogP contribution in [0, 0.1) is 0 Å². The fourth-order valence-corrected chi connectivity index (χ4v) is 3.48. The Bertz CT molecular complexity index is 823. The van der Waals surface area contributed by atoms with E-state index in [4.69, 9.17) is 0 Å². The molecule has 0 heterocycles. The highest BCUT2D eigenvalue weighted by Crippen LogP contribution is 2.41. The zero-order valence-corrected chi connectivity index (χ0v) is 13.1. The molecule has 1 aliphatic rings. The van der Waals surface area contributed by atoms with Gasteiger partial charge in [-0.2, -0.15) is 0 Å². The van der Waals surface area contributed by atoms with Crippen LogP contribution in [0.5, 0.6) is 0 Å². The molecule has 0 bridgehead atoms. The van der Waals surface area contributed by atoms with Gasteiger partial charge in [0.1, 0.15) is 0 Å². The van der Waals surface area contributed by atoms with Crippen LogP contribution in [0.25, 0.3) is 22.3 Å². The zero-order valence-electron chi connectivity index (χ0n) is 13.1. The van der Waals surface area contributed by atoms with Crippen molar-refractivity contribution in [3.05, 3.63) is 83.4 Å². The molecule has 0 aliphatic heterocycles. The predicted octanol–water partition coefficient (Wildman–Crippen LogP) is 6.05. The lowest BCUT2D eigenvalue weighted by molar-refractivity contribution is 0.867. The van der Waals surface area contributed by atoms with Crippen LogP contribution in [-0.2, 0) is 6.42 Å². The minimum absolute atomic E-state index is 0.583. The summed E-state index contributed by atoms with van der Waals surface area (Å²) in [7, 11) is 0. The van der Waals surface area contributed by atoms with Gasteiger partial charge in [-0.15, -0.1) is 0 Å². The normalized spacial score (nSPS) is 12.3. The Hall–Kier alpha value is -2.34. The van der Waals surface area contributed by atoms with Gasteiger partial charge < -0.3 is 0 Å². The molecule has 3 aromatic carbocycles. The quantitative estimate of drug-likeness (QED) is 0.420. The van der Waals surface area contributed by atoms with Crippen molar-refractivity contribution in [1.29, 1.82) is 0 Å². The Morgan fingerprint density at radius 3 is 2.14 bits per heavy atom. The first-order chi connectivity index (χ1) is 10.7. The lowest BCUT2D eigenvalue weighted by Gasteiger charge is -2.11. The van der Waals surface area contributed by atoms with Crippen LogP contribution in [0.2, 0.25) is 0 Å². The highest BCUT2D eigenvalue weighted by Gasteiger charge is 2.20. The lowest BCUT2D eigenvalue weighted by Crippen LogP contribution is -1.90. The third-order valence-electron chi connectivity index (χ3n) is 4.74. The van der Waals surface area contributed by atoms with Crippen molar-refractivity contribution in [3.8, 4) is 22.3 Å². The molecule has 0 N–H and O–H groups in total. The molecule has 0 spiro atoms. The maximum atomic E-state index is 2.27. The van der Waals surface area contributed by atoms with Gasteiger partial charge in [-0.25, -0.2) is 0 Å². The molecule has 0 fully saturated rings. The Labute approximate surface area is 132 Å². The second-order valence-electron chi connectivity index (χ2n) is 6.44. The molecule has 0 radical (unpaired) electrons. The molecule has 0 heteroatoms. The summed E-state index contributed by atoms with van der Waals surface area (Å²) >= 11 is 0. The summed E-state index contributed by atoms with van der Waals surface area (Å²) in [5, 5.41) is 0. The molecule has 0 nitrogen and oxygen atoms in total. The van der Waals surface area contributed by atoms with Crippen molar-refractivity contribution in [2.75, 3.05) is 0 Å². The molecule has 1 aliphatic carbocycles. The molecule has 0 unspecified atom stereocenters. The second kappa shape index (κ2) is 5.14. The highest BCUT2D eigenvalue weighted by atomic mass is 14.2. The average Bonchev–Trinajstić information content (AvgIpc) is 2.93. The standard InChI is InChI=1S/C22H20/c1-15(2)16-10-12-17(13-11-16)19-8-5-9-21-20-7-4-3-6-18(20)14-22(19)21/h3-13,15H,14H2,1-2H3. The molecule has 3 aromatic rings. The van der Waals surface area contributed by atoms with Crippen LogP contribution >= 0.6 is 0 Å². The van der Waals surface area contributed by atoms with Crippen LogP contribution in [0.1, 0.15) is 36.5 Å². The van der Waals surface area contributed by atoms with E-state index >= 15 is 0 Å². The highest BCUT2D eigenvalue weighted by molar-refractivity contribution is 5.84. The summed E-state index contributed by atoms with van der Waals surface area (Å²) in [6, 6.07) is 24.5. The van der Waals surface area contributed by atoms with Gasteiger partial charge in [-0.1, -0.05) is 80.6 Å². The number of benzene rings is 3. The Morgan fingerprint density at radius 1 is 0.682 bits per heavy atom. The molecule has 0 saturated heterocycles. The third kappa shape index (κ3) is 2.07. The number of hydrogen-bond acceptors (Lipinski definition) is 0. The third-order valence-corrected chi connectivity index (χ3v) is 4.74. The molecule has 0 aromatic heterocycles. The van der Waals surface area contributed by atoms with Crippen LogP contribution in [-0.4, -0.2) is 0 Å². The van der Waals surface area contributed by atoms with Crippen molar-refractivity contribution in [1.82, 2.24) is 0 Å². The molecule has 22 heavy (non-hydrogen) atoms. The van der Waals surface area contributed by atoms with Crippen LogP contribution in [0.15, 0.2) is 66.7 Å². The van der Waals surface area contributed by atoms with Gasteiger partial charge >= 0.3 is 0 Å². The van der Waals surface area contributed by atoms with Gasteiger partial charge in [-0.3, -0.25) is 0 Å². The molecule has 4 rings (SSSR count). The summed E-state index contributed by atoms with van der Waals surface area (Å²) < 4.78 is 0. The number of fused-ring (bicyclic) bond motifs is 3. The first-order valence-electron chi connectivity index (χ1n) is 8.04. The van der Waals surface area contributed by atoms with Gasteiger partial charge in [0, 0.05) is 0 Å². The van der Waals surface area contributed by atoms with Gasteiger partial charge in [0.05, 0.1) is 0 Å². The molecular formula is C22H20. The van der Waals surface area contributed by atoms with E-state index in [1.807, 2.05) is 0 Å². The first-order valence-corrected chi connectivity index (χ1v) is 8.04. The summed E-state index contributed by atoms with van der Waals surface area (Å²) in [6.07, 6.45) is 1.05. The van der Waals surface area contributed by atoms with Gasteiger partial charge in [-0.05, 0) is 51.3 Å². The van der Waals surface area contributed by atoms with Crippen LogP contribution < -0.4 is 0 Å². The summed E-state index contributed by atoms with van der Waals surface area (Å²) in [5.41, 5.74) is 9.83. The van der Waals surface area contributed by atoms with Crippen LogP contribution in [0.3, 0.4) is 0 Å². The van der Waals surface area contributed by atoms with Crippen molar-refractivity contribution < 1.29 is 0 Å². The lowest BCUT2D eigenvalue weighted by atomic mass is 9.94. The predicted molar refractivity (Wildman–Crippen MR) is 94.2 cm³/mol. The monoisotopic (exact) mass is 284 g/mol. The van der Waals surface area contributed by atoms with E-state index in [-0.39, 0.29) is 0 Å². The summed E-state index contributed by atoms with van der Waals surface area (Å²) in [5.74, 6) is 0.583. The van der Waals surface area contributed by atoms with E-state index in [1.165, 1.54) is 38.9 Å². The number of rotatable bonds is 2. The first kappa shape index (κ1) is 13.3. The van der Waals surface area contributed by atoms with E-state index in [1.54, 1.807) is 0 Å². The van der Waals surface area contributed by atoms with E-state index in [2.05, 4.69) is 80.6 Å². The molecule has 108 valence electrons. The van der Waals surface area contributed by atoms with E-state index in [0.29, 0.717) is 5.92 Å². The maximum Gasteiger partial charge on any atom is -0.000729 e. The minimum Gasteiger partial charge on any atom is -0.0619 e. The van der Waals surface area contributed by atoms with E-state index in [0.717, 1.165) is 6.42 Å². The topological polar surface area (TPSA) is 0 Å². The van der Waals surface area contributed by atoms with E-state index in [9.17, 15) is 0 Å². The van der Waals surface area contributed by atoms with Crippen molar-refractivity contribution in [3.63, 3.8) is 0 Å². The fourth-order valence-electron chi connectivity index (χ4n) is 3.48. The molecule has 0 amide bonds. The number of hydrogen-bond donors (Lipinski definition) is 0. The van der Waals surface area contributed by atoms with Gasteiger partial charge in [0.2, 0.25) is 0 Å². The largest absolute Gasteiger partial charge is 0.0619 e. The second-order valence-corrected chi connectivity index (χ2v) is 6.44. The van der Waals surface area contributed by atoms with Crippen molar-refractivity contribution in [2.24, 2.45) is 0 Å². The van der Waals surface area contributed by atoms with Gasteiger partial charge in [0.25, 0.3) is 0 Å². The van der Waals surface area contributed by atoms with Crippen molar-refractivity contribution in [2.45, 2.75) is 26.2 Å². The Kier molecular flexibility index (Phi) is 3.11. The van der Waals surface area contributed by atoms with E-state index < -0.39 is 0 Å². The minimum atomic E-state index is 0.583. The molecular weight excluding hydrogens is 264 g/mol. The van der Waals surface area contributed by atoms with Gasteiger partial charge in [0.15, 0.2) is 0 Å². The summed E-state index contributed by atoms with van der Waals surface area (Å²) in [4.78, 5) is 0. The smallest absolute Gasteiger partial charge is 0.000729 e. The summed E-state index contributed by atoms with van der Waals surface area (Å²) in [6.45, 7) is 4.48. The fraction of sp³-hybridized carbons (Fsp3) is 0.182. The molecule has 0 atom stereocenters.